The van der Waals surface area contributed by atoms with Crippen LogP contribution in [0.25, 0.3) is 0 Å². The molecule has 0 radical (unpaired) electrons. The van der Waals surface area contributed by atoms with E-state index in [1.165, 1.54) is 0 Å². The van der Waals surface area contributed by atoms with Crippen LogP contribution in [-0.2, 0) is 0 Å². The topological polar surface area (TPSA) is 43.7 Å². The average Bonchev–Trinajstić information content (AvgIpc) is 2.38. The van der Waals surface area contributed by atoms with Gasteiger partial charge >= 0.3 is 0 Å². The standard InChI is InChI=1S/C15H25NO2/c1-4-15(18)13-6-8-14(9-7-13)16(12(2)3)10-5-11-17/h6-9,12,15,17-18H,4-5,10-11H2,1-3H3. The Morgan fingerprint density at radius 1 is 1.17 bits per heavy atom. The number of benzene rings is 1. The third kappa shape index (κ3) is 4.00. The lowest BCUT2D eigenvalue weighted by Crippen LogP contribution is -2.32. The molecule has 0 fully saturated rings. The maximum absolute atomic E-state index is 9.76. The largest absolute Gasteiger partial charge is 0.396 e. The van der Waals surface area contributed by atoms with Gasteiger partial charge in [0.1, 0.15) is 0 Å². The van der Waals surface area contributed by atoms with E-state index in [2.05, 4.69) is 18.7 Å². The fraction of sp³-hybridized carbons (Fsp3) is 0.600. The summed E-state index contributed by atoms with van der Waals surface area (Å²) in [5.74, 6) is 0. The van der Waals surface area contributed by atoms with Gasteiger partial charge in [-0.2, -0.15) is 0 Å². The van der Waals surface area contributed by atoms with E-state index in [4.69, 9.17) is 5.11 Å². The van der Waals surface area contributed by atoms with Crippen molar-refractivity contribution >= 4 is 5.69 Å². The smallest absolute Gasteiger partial charge is 0.0787 e. The molecule has 0 amide bonds. The highest BCUT2D eigenvalue weighted by atomic mass is 16.3. The number of rotatable bonds is 7. The summed E-state index contributed by atoms with van der Waals surface area (Å²) in [6.45, 7) is 7.33. The molecule has 1 atom stereocenters. The number of hydrogen-bond acceptors (Lipinski definition) is 3. The Bertz CT molecular complexity index is 335. The third-order valence-corrected chi connectivity index (χ3v) is 3.18. The molecule has 0 aliphatic heterocycles. The quantitative estimate of drug-likeness (QED) is 0.783. The highest BCUT2D eigenvalue weighted by molar-refractivity contribution is 5.48. The summed E-state index contributed by atoms with van der Waals surface area (Å²) in [5, 5.41) is 18.7. The molecule has 0 bridgehead atoms. The minimum Gasteiger partial charge on any atom is -0.396 e. The summed E-state index contributed by atoms with van der Waals surface area (Å²) in [7, 11) is 0. The maximum Gasteiger partial charge on any atom is 0.0787 e. The Labute approximate surface area is 110 Å². The molecule has 1 aromatic carbocycles. The van der Waals surface area contributed by atoms with Gasteiger partial charge in [0, 0.05) is 24.9 Å². The van der Waals surface area contributed by atoms with Crippen LogP contribution in [0.4, 0.5) is 5.69 Å². The van der Waals surface area contributed by atoms with Crippen molar-refractivity contribution in [1.82, 2.24) is 0 Å². The molecular weight excluding hydrogens is 226 g/mol. The first-order chi connectivity index (χ1) is 8.60. The van der Waals surface area contributed by atoms with Gasteiger partial charge in [-0.1, -0.05) is 19.1 Å². The van der Waals surface area contributed by atoms with Crippen molar-refractivity contribution in [3.05, 3.63) is 29.8 Å². The number of hydrogen-bond donors (Lipinski definition) is 2. The lowest BCUT2D eigenvalue weighted by molar-refractivity contribution is 0.173. The van der Waals surface area contributed by atoms with Gasteiger partial charge in [0.15, 0.2) is 0 Å². The highest BCUT2D eigenvalue weighted by Gasteiger charge is 2.11. The van der Waals surface area contributed by atoms with Gasteiger partial charge in [0.25, 0.3) is 0 Å². The van der Waals surface area contributed by atoms with E-state index in [0.717, 1.165) is 30.6 Å². The Balaban J connectivity index is 2.80. The molecule has 1 rings (SSSR count). The van der Waals surface area contributed by atoms with Crippen LogP contribution in [0, 0.1) is 0 Å². The van der Waals surface area contributed by atoms with Gasteiger partial charge in [0.05, 0.1) is 6.10 Å². The van der Waals surface area contributed by atoms with Crippen molar-refractivity contribution in [3.8, 4) is 0 Å². The minimum absolute atomic E-state index is 0.218. The Morgan fingerprint density at radius 3 is 2.22 bits per heavy atom. The first-order valence-corrected chi connectivity index (χ1v) is 6.75. The number of aliphatic hydroxyl groups excluding tert-OH is 2. The van der Waals surface area contributed by atoms with Crippen LogP contribution >= 0.6 is 0 Å². The van der Waals surface area contributed by atoms with Gasteiger partial charge in [-0.3, -0.25) is 0 Å². The molecule has 2 N–H and O–H groups in total. The van der Waals surface area contributed by atoms with Crippen LogP contribution in [0.1, 0.15) is 45.3 Å². The van der Waals surface area contributed by atoms with Crippen LogP contribution in [0.5, 0.6) is 0 Å². The summed E-state index contributed by atoms with van der Waals surface area (Å²) in [6.07, 6.45) is 1.14. The van der Waals surface area contributed by atoms with E-state index < -0.39 is 0 Å². The molecule has 102 valence electrons. The second-order valence-electron chi connectivity index (χ2n) is 4.88. The van der Waals surface area contributed by atoms with Crippen molar-refractivity contribution in [2.24, 2.45) is 0 Å². The molecule has 0 aromatic heterocycles. The zero-order valence-electron chi connectivity index (χ0n) is 11.6. The summed E-state index contributed by atoms with van der Waals surface area (Å²) in [4.78, 5) is 2.26. The van der Waals surface area contributed by atoms with Gasteiger partial charge in [-0.05, 0) is 44.4 Å². The fourth-order valence-electron chi connectivity index (χ4n) is 2.05. The molecule has 18 heavy (non-hydrogen) atoms. The minimum atomic E-state index is -0.371. The van der Waals surface area contributed by atoms with Crippen LogP contribution in [0.2, 0.25) is 0 Å². The van der Waals surface area contributed by atoms with Crippen molar-refractivity contribution in [3.63, 3.8) is 0 Å². The van der Waals surface area contributed by atoms with E-state index >= 15 is 0 Å². The Kier molecular flexibility index (Phi) is 6.16. The average molecular weight is 251 g/mol. The molecule has 0 saturated carbocycles. The van der Waals surface area contributed by atoms with Gasteiger partial charge in [-0.15, -0.1) is 0 Å². The molecule has 1 aromatic rings. The van der Waals surface area contributed by atoms with Crippen molar-refractivity contribution in [1.29, 1.82) is 0 Å². The number of aliphatic hydroxyl groups is 2. The van der Waals surface area contributed by atoms with E-state index in [1.54, 1.807) is 0 Å². The van der Waals surface area contributed by atoms with E-state index in [9.17, 15) is 5.11 Å². The number of anilines is 1. The lowest BCUT2D eigenvalue weighted by Gasteiger charge is -2.29. The lowest BCUT2D eigenvalue weighted by atomic mass is 10.1. The van der Waals surface area contributed by atoms with Crippen molar-refractivity contribution in [2.45, 2.75) is 45.8 Å². The van der Waals surface area contributed by atoms with E-state index in [0.29, 0.717) is 6.04 Å². The Morgan fingerprint density at radius 2 is 1.78 bits per heavy atom. The second-order valence-corrected chi connectivity index (χ2v) is 4.88. The molecule has 3 nitrogen and oxygen atoms in total. The van der Waals surface area contributed by atoms with Crippen LogP contribution in [0.15, 0.2) is 24.3 Å². The molecule has 0 heterocycles. The normalized spacial score (nSPS) is 12.8. The molecule has 3 heteroatoms. The van der Waals surface area contributed by atoms with E-state index in [1.807, 2.05) is 31.2 Å². The molecular formula is C15H25NO2. The second kappa shape index (κ2) is 7.39. The van der Waals surface area contributed by atoms with Crippen molar-refractivity contribution in [2.75, 3.05) is 18.1 Å². The van der Waals surface area contributed by atoms with E-state index in [-0.39, 0.29) is 12.7 Å². The molecule has 1 unspecified atom stereocenters. The predicted octanol–water partition coefficient (Wildman–Crippen LogP) is 2.73. The molecule has 0 aliphatic carbocycles. The zero-order chi connectivity index (χ0) is 13.5. The molecule has 0 spiro atoms. The molecule has 0 aliphatic rings. The number of nitrogens with zero attached hydrogens (tertiary/aromatic N) is 1. The first kappa shape index (κ1) is 15.0. The predicted molar refractivity (Wildman–Crippen MR) is 75.9 cm³/mol. The van der Waals surface area contributed by atoms with Crippen LogP contribution < -0.4 is 4.90 Å². The summed E-state index contributed by atoms with van der Waals surface area (Å²) in [6, 6.07) is 8.46. The van der Waals surface area contributed by atoms with Crippen LogP contribution in [0.3, 0.4) is 0 Å². The van der Waals surface area contributed by atoms with Gasteiger partial charge in [-0.25, -0.2) is 0 Å². The Hall–Kier alpha value is -1.06. The van der Waals surface area contributed by atoms with Crippen molar-refractivity contribution < 1.29 is 10.2 Å². The van der Waals surface area contributed by atoms with Gasteiger partial charge in [0.2, 0.25) is 0 Å². The zero-order valence-corrected chi connectivity index (χ0v) is 11.6. The molecule has 0 saturated heterocycles. The van der Waals surface area contributed by atoms with Gasteiger partial charge < -0.3 is 15.1 Å². The third-order valence-electron chi connectivity index (χ3n) is 3.18. The summed E-state index contributed by atoms with van der Waals surface area (Å²) in [5.41, 5.74) is 2.11. The summed E-state index contributed by atoms with van der Waals surface area (Å²) < 4.78 is 0. The summed E-state index contributed by atoms with van der Waals surface area (Å²) >= 11 is 0. The SMILES string of the molecule is CCC(O)c1ccc(N(CCCO)C(C)C)cc1. The monoisotopic (exact) mass is 251 g/mol. The first-order valence-electron chi connectivity index (χ1n) is 6.75. The van der Waals surface area contributed by atoms with Crippen LogP contribution in [-0.4, -0.2) is 29.4 Å². The maximum atomic E-state index is 9.76. The fourth-order valence-corrected chi connectivity index (χ4v) is 2.05. The highest BCUT2D eigenvalue weighted by Crippen LogP contribution is 2.22.